The SMILES string of the molecule is CC(C)(C)c1ccc2c(c1)C(N1CCOCC1)CCN2. The molecule has 1 atom stereocenters. The maximum absolute atomic E-state index is 5.50. The van der Waals surface area contributed by atoms with E-state index in [1.807, 2.05) is 0 Å². The van der Waals surface area contributed by atoms with Crippen LogP contribution in [-0.2, 0) is 10.2 Å². The van der Waals surface area contributed by atoms with E-state index < -0.39 is 0 Å². The van der Waals surface area contributed by atoms with Gasteiger partial charge in [0.15, 0.2) is 0 Å². The Morgan fingerprint density at radius 2 is 1.95 bits per heavy atom. The summed E-state index contributed by atoms with van der Waals surface area (Å²) in [6.45, 7) is 11.8. The molecule has 1 N–H and O–H groups in total. The number of anilines is 1. The predicted octanol–water partition coefficient (Wildman–Crippen LogP) is 3.17. The van der Waals surface area contributed by atoms with Gasteiger partial charge in [-0.3, -0.25) is 4.90 Å². The van der Waals surface area contributed by atoms with Crippen LogP contribution in [0.4, 0.5) is 5.69 Å². The maximum Gasteiger partial charge on any atom is 0.0594 e. The summed E-state index contributed by atoms with van der Waals surface area (Å²) in [6, 6.07) is 7.51. The van der Waals surface area contributed by atoms with Gasteiger partial charge in [0.2, 0.25) is 0 Å². The van der Waals surface area contributed by atoms with E-state index in [0.717, 1.165) is 32.8 Å². The fourth-order valence-corrected chi connectivity index (χ4v) is 3.23. The molecule has 1 saturated heterocycles. The van der Waals surface area contributed by atoms with Gasteiger partial charge in [-0.05, 0) is 29.0 Å². The molecule has 3 nitrogen and oxygen atoms in total. The van der Waals surface area contributed by atoms with E-state index in [-0.39, 0.29) is 5.41 Å². The van der Waals surface area contributed by atoms with Crippen molar-refractivity contribution >= 4 is 5.69 Å². The van der Waals surface area contributed by atoms with Crippen molar-refractivity contribution in [3.63, 3.8) is 0 Å². The van der Waals surface area contributed by atoms with E-state index in [4.69, 9.17) is 4.74 Å². The number of hydrogen-bond donors (Lipinski definition) is 1. The summed E-state index contributed by atoms with van der Waals surface area (Å²) in [7, 11) is 0. The molecule has 1 aromatic carbocycles. The number of rotatable bonds is 1. The van der Waals surface area contributed by atoms with Crippen molar-refractivity contribution in [2.45, 2.75) is 38.6 Å². The standard InChI is InChI=1S/C17H26N2O/c1-17(2,3)13-4-5-15-14(12-13)16(6-7-18-15)19-8-10-20-11-9-19/h4-5,12,16,18H,6-11H2,1-3H3. The normalized spacial score (nSPS) is 24.1. The predicted molar refractivity (Wildman–Crippen MR) is 83.4 cm³/mol. The average molecular weight is 274 g/mol. The molecule has 1 unspecified atom stereocenters. The molecule has 2 aliphatic heterocycles. The summed E-state index contributed by atoms with van der Waals surface area (Å²) in [6.07, 6.45) is 1.20. The number of benzene rings is 1. The Morgan fingerprint density at radius 1 is 1.20 bits per heavy atom. The smallest absolute Gasteiger partial charge is 0.0594 e. The molecule has 3 heteroatoms. The van der Waals surface area contributed by atoms with Crippen LogP contribution in [0.15, 0.2) is 18.2 Å². The second kappa shape index (κ2) is 5.38. The summed E-state index contributed by atoms with van der Waals surface area (Å²) in [5, 5.41) is 3.55. The summed E-state index contributed by atoms with van der Waals surface area (Å²) < 4.78 is 5.50. The van der Waals surface area contributed by atoms with Crippen molar-refractivity contribution in [3.8, 4) is 0 Å². The van der Waals surface area contributed by atoms with Crippen molar-refractivity contribution in [2.24, 2.45) is 0 Å². The van der Waals surface area contributed by atoms with E-state index in [1.54, 1.807) is 0 Å². The van der Waals surface area contributed by atoms with Crippen LogP contribution in [0.5, 0.6) is 0 Å². The Labute approximate surface area is 122 Å². The molecule has 0 amide bonds. The van der Waals surface area contributed by atoms with Crippen LogP contribution in [0.3, 0.4) is 0 Å². The topological polar surface area (TPSA) is 24.5 Å². The second-order valence-corrected chi connectivity index (χ2v) is 6.93. The van der Waals surface area contributed by atoms with Crippen molar-refractivity contribution in [1.29, 1.82) is 0 Å². The summed E-state index contributed by atoms with van der Waals surface area (Å²) in [4.78, 5) is 2.59. The van der Waals surface area contributed by atoms with Gasteiger partial charge in [0.1, 0.15) is 0 Å². The van der Waals surface area contributed by atoms with E-state index in [1.165, 1.54) is 23.2 Å². The molecular weight excluding hydrogens is 248 g/mol. The Morgan fingerprint density at radius 3 is 2.65 bits per heavy atom. The minimum atomic E-state index is 0.210. The molecule has 1 fully saturated rings. The number of hydrogen-bond acceptors (Lipinski definition) is 3. The lowest BCUT2D eigenvalue weighted by Crippen LogP contribution is -2.41. The molecule has 0 spiro atoms. The van der Waals surface area contributed by atoms with Gasteiger partial charge in [0.25, 0.3) is 0 Å². The molecule has 2 heterocycles. The molecule has 0 radical (unpaired) electrons. The van der Waals surface area contributed by atoms with Crippen LogP contribution >= 0.6 is 0 Å². The first-order chi connectivity index (χ1) is 9.55. The quantitative estimate of drug-likeness (QED) is 0.851. The first kappa shape index (κ1) is 13.9. The third-order valence-electron chi connectivity index (χ3n) is 4.50. The number of fused-ring (bicyclic) bond motifs is 1. The second-order valence-electron chi connectivity index (χ2n) is 6.93. The number of morpholine rings is 1. The van der Waals surface area contributed by atoms with Crippen LogP contribution in [-0.4, -0.2) is 37.7 Å². The van der Waals surface area contributed by atoms with Crippen LogP contribution in [0.2, 0.25) is 0 Å². The number of nitrogens with one attached hydrogen (secondary N) is 1. The highest BCUT2D eigenvalue weighted by Gasteiger charge is 2.28. The van der Waals surface area contributed by atoms with Crippen molar-refractivity contribution in [2.75, 3.05) is 38.2 Å². The first-order valence-corrected chi connectivity index (χ1v) is 7.76. The van der Waals surface area contributed by atoms with Crippen LogP contribution < -0.4 is 5.32 Å². The lowest BCUT2D eigenvalue weighted by molar-refractivity contribution is 0.0144. The van der Waals surface area contributed by atoms with Gasteiger partial charge >= 0.3 is 0 Å². The zero-order chi connectivity index (χ0) is 14.2. The fraction of sp³-hybridized carbons (Fsp3) is 0.647. The van der Waals surface area contributed by atoms with Crippen molar-refractivity contribution < 1.29 is 4.74 Å². The Hall–Kier alpha value is -1.06. The number of ether oxygens (including phenoxy) is 1. The van der Waals surface area contributed by atoms with Gasteiger partial charge in [0, 0.05) is 31.4 Å². The largest absolute Gasteiger partial charge is 0.385 e. The van der Waals surface area contributed by atoms with Crippen molar-refractivity contribution in [1.82, 2.24) is 4.90 Å². The van der Waals surface area contributed by atoms with Gasteiger partial charge in [0.05, 0.1) is 13.2 Å². The highest BCUT2D eigenvalue weighted by molar-refractivity contribution is 5.56. The van der Waals surface area contributed by atoms with E-state index in [9.17, 15) is 0 Å². The summed E-state index contributed by atoms with van der Waals surface area (Å²) >= 11 is 0. The fourth-order valence-electron chi connectivity index (χ4n) is 3.23. The molecule has 0 bridgehead atoms. The number of nitrogens with zero attached hydrogens (tertiary/aromatic N) is 1. The van der Waals surface area contributed by atoms with Crippen LogP contribution in [0, 0.1) is 0 Å². The summed E-state index contributed by atoms with van der Waals surface area (Å²) in [5.41, 5.74) is 4.44. The van der Waals surface area contributed by atoms with Gasteiger partial charge in [-0.15, -0.1) is 0 Å². The zero-order valence-corrected chi connectivity index (χ0v) is 12.9. The highest BCUT2D eigenvalue weighted by Crippen LogP contribution is 2.37. The van der Waals surface area contributed by atoms with Crippen molar-refractivity contribution in [3.05, 3.63) is 29.3 Å². The molecule has 20 heavy (non-hydrogen) atoms. The lowest BCUT2D eigenvalue weighted by atomic mass is 9.83. The minimum absolute atomic E-state index is 0.210. The van der Waals surface area contributed by atoms with E-state index in [2.05, 4.69) is 49.2 Å². The average Bonchev–Trinajstić information content (AvgIpc) is 2.46. The molecule has 3 rings (SSSR count). The molecule has 0 aliphatic carbocycles. The minimum Gasteiger partial charge on any atom is -0.385 e. The molecule has 2 aliphatic rings. The lowest BCUT2D eigenvalue weighted by Gasteiger charge is -2.39. The highest BCUT2D eigenvalue weighted by atomic mass is 16.5. The van der Waals surface area contributed by atoms with Gasteiger partial charge in [-0.25, -0.2) is 0 Å². The molecular formula is C17H26N2O. The monoisotopic (exact) mass is 274 g/mol. The van der Waals surface area contributed by atoms with Crippen LogP contribution in [0.1, 0.15) is 44.4 Å². The Kier molecular flexibility index (Phi) is 3.74. The maximum atomic E-state index is 5.50. The van der Waals surface area contributed by atoms with E-state index >= 15 is 0 Å². The van der Waals surface area contributed by atoms with E-state index in [0.29, 0.717) is 6.04 Å². The third kappa shape index (κ3) is 2.70. The van der Waals surface area contributed by atoms with Gasteiger partial charge < -0.3 is 10.1 Å². The molecule has 110 valence electrons. The molecule has 1 aromatic rings. The Bertz CT molecular complexity index is 472. The Balaban J connectivity index is 1.93. The summed E-state index contributed by atoms with van der Waals surface area (Å²) in [5.74, 6) is 0. The third-order valence-corrected chi connectivity index (χ3v) is 4.50. The molecule has 0 saturated carbocycles. The first-order valence-electron chi connectivity index (χ1n) is 7.76. The van der Waals surface area contributed by atoms with Crippen LogP contribution in [0.25, 0.3) is 0 Å². The van der Waals surface area contributed by atoms with Gasteiger partial charge in [-0.2, -0.15) is 0 Å². The van der Waals surface area contributed by atoms with Gasteiger partial charge in [-0.1, -0.05) is 32.9 Å². The zero-order valence-electron chi connectivity index (χ0n) is 12.9. The molecule has 0 aromatic heterocycles.